The molecule has 114 valence electrons. The molecular weight excluding hydrogens is 266 g/mol. The molecule has 6 nitrogen and oxygen atoms in total. The third-order valence-corrected chi connectivity index (χ3v) is 4.17. The Morgan fingerprint density at radius 3 is 2.81 bits per heavy atom. The van der Waals surface area contributed by atoms with E-state index in [0.29, 0.717) is 22.9 Å². The summed E-state index contributed by atoms with van der Waals surface area (Å²) in [5, 5.41) is 10.9. The van der Waals surface area contributed by atoms with Gasteiger partial charge in [0.2, 0.25) is 11.8 Å². The van der Waals surface area contributed by atoms with Crippen LogP contribution in [0.1, 0.15) is 46.5 Å². The van der Waals surface area contributed by atoms with Gasteiger partial charge in [-0.05, 0) is 38.0 Å². The monoisotopic (exact) mass is 289 g/mol. The minimum Gasteiger partial charge on any atom is -0.474 e. The van der Waals surface area contributed by atoms with Gasteiger partial charge in [-0.15, -0.1) is 0 Å². The van der Waals surface area contributed by atoms with Crippen LogP contribution in [0.4, 0.5) is 5.95 Å². The maximum Gasteiger partial charge on any atom is 0.229 e. The standard InChI is InChI=1S/C15H23N5O/c1-4-16-14-18-12-11(9-17-20-12)13(19-14)21-10-5-7-15(2,3)8-6-10/h9-10H,4-8H2,1-3H3,(H2,16,17,18,19,20). The van der Waals surface area contributed by atoms with E-state index in [1.165, 1.54) is 12.8 Å². The lowest BCUT2D eigenvalue weighted by molar-refractivity contribution is 0.0963. The lowest BCUT2D eigenvalue weighted by Gasteiger charge is -2.34. The molecule has 2 aromatic rings. The van der Waals surface area contributed by atoms with Gasteiger partial charge in [-0.1, -0.05) is 13.8 Å². The molecule has 0 amide bonds. The van der Waals surface area contributed by atoms with E-state index >= 15 is 0 Å². The first kappa shape index (κ1) is 14.1. The minimum atomic E-state index is 0.237. The molecular formula is C15H23N5O. The number of ether oxygens (including phenoxy) is 1. The van der Waals surface area contributed by atoms with Crippen LogP contribution in [0, 0.1) is 5.41 Å². The van der Waals surface area contributed by atoms with Crippen LogP contribution >= 0.6 is 0 Å². The van der Waals surface area contributed by atoms with Crippen LogP contribution in [-0.2, 0) is 0 Å². The molecule has 0 bridgehead atoms. The first-order valence-electron chi connectivity index (χ1n) is 7.69. The highest BCUT2D eigenvalue weighted by molar-refractivity contribution is 5.80. The highest BCUT2D eigenvalue weighted by Gasteiger charge is 2.28. The summed E-state index contributed by atoms with van der Waals surface area (Å²) in [6.45, 7) is 7.44. The van der Waals surface area contributed by atoms with Crippen LogP contribution in [0.5, 0.6) is 5.88 Å². The fourth-order valence-electron chi connectivity index (χ4n) is 2.78. The normalized spacial score (nSPS) is 18.8. The van der Waals surface area contributed by atoms with Gasteiger partial charge in [0.1, 0.15) is 11.5 Å². The van der Waals surface area contributed by atoms with Crippen LogP contribution in [0.2, 0.25) is 0 Å². The molecule has 1 fully saturated rings. The molecule has 0 aromatic carbocycles. The van der Waals surface area contributed by atoms with Gasteiger partial charge < -0.3 is 10.1 Å². The van der Waals surface area contributed by atoms with Crippen molar-refractivity contribution < 1.29 is 4.74 Å². The van der Waals surface area contributed by atoms with Gasteiger partial charge in [-0.2, -0.15) is 15.1 Å². The van der Waals surface area contributed by atoms with Crippen molar-refractivity contribution in [3.63, 3.8) is 0 Å². The second-order valence-electron chi connectivity index (χ2n) is 6.50. The SMILES string of the molecule is CCNc1nc(OC2CCC(C)(C)CC2)c2cn[nH]c2n1. The first-order chi connectivity index (χ1) is 10.1. The zero-order chi connectivity index (χ0) is 14.9. The van der Waals surface area contributed by atoms with Crippen LogP contribution in [0.15, 0.2) is 6.20 Å². The van der Waals surface area contributed by atoms with Gasteiger partial charge in [0, 0.05) is 6.54 Å². The number of hydrogen-bond acceptors (Lipinski definition) is 5. The van der Waals surface area contributed by atoms with Crippen molar-refractivity contribution in [3.8, 4) is 5.88 Å². The minimum absolute atomic E-state index is 0.237. The van der Waals surface area contributed by atoms with Crippen molar-refractivity contribution in [3.05, 3.63) is 6.20 Å². The molecule has 0 saturated heterocycles. The molecule has 21 heavy (non-hydrogen) atoms. The zero-order valence-corrected chi connectivity index (χ0v) is 12.9. The van der Waals surface area contributed by atoms with Crippen molar-refractivity contribution in [2.45, 2.75) is 52.6 Å². The molecule has 0 unspecified atom stereocenters. The quantitative estimate of drug-likeness (QED) is 0.904. The number of nitrogens with zero attached hydrogens (tertiary/aromatic N) is 3. The maximum absolute atomic E-state index is 6.16. The van der Waals surface area contributed by atoms with E-state index in [0.717, 1.165) is 24.8 Å². The Hall–Kier alpha value is -1.85. The topological polar surface area (TPSA) is 75.7 Å². The van der Waals surface area contributed by atoms with Gasteiger partial charge in [-0.3, -0.25) is 5.10 Å². The second-order valence-corrected chi connectivity index (χ2v) is 6.50. The number of aromatic amines is 1. The van der Waals surface area contributed by atoms with E-state index in [-0.39, 0.29) is 6.10 Å². The van der Waals surface area contributed by atoms with Crippen molar-refractivity contribution in [1.29, 1.82) is 0 Å². The Labute approximate surface area is 124 Å². The van der Waals surface area contributed by atoms with Crippen molar-refractivity contribution in [1.82, 2.24) is 20.2 Å². The summed E-state index contributed by atoms with van der Waals surface area (Å²) in [6.07, 6.45) is 6.50. The molecule has 2 N–H and O–H groups in total. The Bertz CT molecular complexity index is 612. The van der Waals surface area contributed by atoms with Gasteiger partial charge in [-0.25, -0.2) is 0 Å². The third-order valence-electron chi connectivity index (χ3n) is 4.17. The van der Waals surface area contributed by atoms with E-state index < -0.39 is 0 Å². The van der Waals surface area contributed by atoms with Crippen LogP contribution in [0.3, 0.4) is 0 Å². The lowest BCUT2D eigenvalue weighted by atomic mass is 9.76. The van der Waals surface area contributed by atoms with Gasteiger partial charge in [0.05, 0.1) is 6.20 Å². The van der Waals surface area contributed by atoms with E-state index in [9.17, 15) is 0 Å². The van der Waals surface area contributed by atoms with E-state index in [1.807, 2.05) is 6.92 Å². The summed E-state index contributed by atoms with van der Waals surface area (Å²) in [4.78, 5) is 8.87. The summed E-state index contributed by atoms with van der Waals surface area (Å²) in [5.41, 5.74) is 1.15. The van der Waals surface area contributed by atoms with E-state index in [1.54, 1.807) is 6.20 Å². The third kappa shape index (κ3) is 3.09. The van der Waals surface area contributed by atoms with Crippen LogP contribution in [0.25, 0.3) is 11.0 Å². The Kier molecular flexibility index (Phi) is 3.69. The number of rotatable bonds is 4. The first-order valence-corrected chi connectivity index (χ1v) is 7.69. The Balaban J connectivity index is 1.81. The fraction of sp³-hybridized carbons (Fsp3) is 0.667. The average Bonchev–Trinajstić information content (AvgIpc) is 2.90. The van der Waals surface area contributed by atoms with Gasteiger partial charge in [0.15, 0.2) is 5.65 Å². The van der Waals surface area contributed by atoms with Crippen molar-refractivity contribution in [2.75, 3.05) is 11.9 Å². The van der Waals surface area contributed by atoms with Crippen molar-refractivity contribution >= 4 is 17.0 Å². The zero-order valence-electron chi connectivity index (χ0n) is 12.9. The molecule has 2 heterocycles. The fourth-order valence-corrected chi connectivity index (χ4v) is 2.78. The van der Waals surface area contributed by atoms with Gasteiger partial charge in [0.25, 0.3) is 0 Å². The average molecular weight is 289 g/mol. The number of aromatic nitrogens is 4. The highest BCUT2D eigenvalue weighted by Crippen LogP contribution is 2.37. The van der Waals surface area contributed by atoms with Crippen molar-refractivity contribution in [2.24, 2.45) is 5.41 Å². The number of anilines is 1. The molecule has 1 aliphatic carbocycles. The highest BCUT2D eigenvalue weighted by atomic mass is 16.5. The molecule has 2 aromatic heterocycles. The number of H-pyrrole nitrogens is 1. The predicted octanol–water partition coefficient (Wildman–Crippen LogP) is 3.13. The van der Waals surface area contributed by atoms with Gasteiger partial charge >= 0.3 is 0 Å². The number of hydrogen-bond donors (Lipinski definition) is 2. The molecule has 3 rings (SSSR count). The molecule has 0 aliphatic heterocycles. The van der Waals surface area contributed by atoms with Crippen LogP contribution < -0.4 is 10.1 Å². The number of nitrogens with one attached hydrogen (secondary N) is 2. The second kappa shape index (κ2) is 5.50. The molecule has 1 aliphatic rings. The largest absolute Gasteiger partial charge is 0.474 e. The summed E-state index contributed by atoms with van der Waals surface area (Å²) in [7, 11) is 0. The molecule has 6 heteroatoms. The summed E-state index contributed by atoms with van der Waals surface area (Å²) >= 11 is 0. The Morgan fingerprint density at radius 1 is 1.33 bits per heavy atom. The smallest absolute Gasteiger partial charge is 0.229 e. The molecule has 0 atom stereocenters. The number of fused-ring (bicyclic) bond motifs is 1. The molecule has 0 spiro atoms. The maximum atomic E-state index is 6.16. The Morgan fingerprint density at radius 2 is 2.10 bits per heavy atom. The molecule has 0 radical (unpaired) electrons. The predicted molar refractivity (Wildman–Crippen MR) is 82.5 cm³/mol. The van der Waals surface area contributed by atoms with E-state index in [2.05, 4.69) is 39.3 Å². The van der Waals surface area contributed by atoms with Crippen LogP contribution in [-0.4, -0.2) is 32.8 Å². The van der Waals surface area contributed by atoms with E-state index in [4.69, 9.17) is 4.74 Å². The summed E-state index contributed by atoms with van der Waals surface area (Å²) in [6, 6.07) is 0. The molecule has 1 saturated carbocycles. The lowest BCUT2D eigenvalue weighted by Crippen LogP contribution is -2.28. The summed E-state index contributed by atoms with van der Waals surface area (Å²) < 4.78 is 6.16. The summed E-state index contributed by atoms with van der Waals surface area (Å²) in [5.74, 6) is 1.22.